The van der Waals surface area contributed by atoms with Crippen molar-refractivity contribution < 1.29 is 14.3 Å². The van der Waals surface area contributed by atoms with E-state index in [1.54, 1.807) is 36.7 Å². The highest BCUT2D eigenvalue weighted by atomic mass is 32.2. The van der Waals surface area contributed by atoms with Crippen molar-refractivity contribution in [2.24, 2.45) is 0 Å². The molecule has 0 aliphatic heterocycles. The van der Waals surface area contributed by atoms with Gasteiger partial charge in [0.1, 0.15) is 5.51 Å². The zero-order valence-corrected chi connectivity index (χ0v) is 12.9. The number of carbonyl (C=O) groups excluding carboxylic acids is 2. The maximum absolute atomic E-state index is 11.9. The number of hydrogen-bond acceptors (Lipinski definition) is 7. The topological polar surface area (TPSA) is 81.2 Å². The molecular weight excluding hydrogens is 310 g/mol. The van der Waals surface area contributed by atoms with Gasteiger partial charge in [-0.2, -0.15) is 0 Å². The number of amides is 1. The maximum Gasteiger partial charge on any atom is 0.340 e. The van der Waals surface area contributed by atoms with Crippen molar-refractivity contribution in [1.29, 1.82) is 0 Å². The zero-order chi connectivity index (χ0) is 15.1. The third kappa shape index (κ3) is 4.54. The second kappa shape index (κ2) is 7.75. The average Bonchev–Trinajstić information content (AvgIpc) is 2.99. The van der Waals surface area contributed by atoms with Crippen molar-refractivity contribution in [2.75, 3.05) is 17.7 Å². The largest absolute Gasteiger partial charge is 0.462 e. The number of anilines is 1. The van der Waals surface area contributed by atoms with Crippen LogP contribution in [0.4, 0.5) is 5.69 Å². The van der Waals surface area contributed by atoms with Crippen molar-refractivity contribution in [1.82, 2.24) is 10.2 Å². The molecule has 1 heterocycles. The van der Waals surface area contributed by atoms with E-state index in [1.807, 2.05) is 0 Å². The van der Waals surface area contributed by atoms with E-state index in [0.717, 1.165) is 4.34 Å². The van der Waals surface area contributed by atoms with Gasteiger partial charge in [-0.3, -0.25) is 4.79 Å². The molecule has 2 aromatic rings. The fourth-order valence-corrected chi connectivity index (χ4v) is 2.81. The first-order chi connectivity index (χ1) is 10.2. The van der Waals surface area contributed by atoms with E-state index in [4.69, 9.17) is 4.74 Å². The second-order valence-electron chi connectivity index (χ2n) is 3.81. The molecule has 0 fully saturated rings. The van der Waals surface area contributed by atoms with Gasteiger partial charge < -0.3 is 10.1 Å². The van der Waals surface area contributed by atoms with Crippen LogP contribution < -0.4 is 5.32 Å². The SMILES string of the molecule is CCOC(=O)c1ccccc1NC(=O)CSc1nncs1. The number of esters is 1. The van der Waals surface area contributed by atoms with Gasteiger partial charge in [-0.1, -0.05) is 35.2 Å². The lowest BCUT2D eigenvalue weighted by Crippen LogP contribution is -2.17. The number of carbonyl (C=O) groups is 2. The number of aromatic nitrogens is 2. The van der Waals surface area contributed by atoms with Crippen LogP contribution in [0.5, 0.6) is 0 Å². The van der Waals surface area contributed by atoms with E-state index in [-0.39, 0.29) is 18.3 Å². The fraction of sp³-hybridized carbons (Fsp3) is 0.231. The summed E-state index contributed by atoms with van der Waals surface area (Å²) >= 11 is 2.67. The van der Waals surface area contributed by atoms with E-state index in [0.29, 0.717) is 11.3 Å². The Hall–Kier alpha value is -1.93. The molecule has 2 rings (SSSR count). The minimum Gasteiger partial charge on any atom is -0.462 e. The number of thioether (sulfide) groups is 1. The summed E-state index contributed by atoms with van der Waals surface area (Å²) in [6, 6.07) is 6.75. The molecular formula is C13H13N3O3S2. The molecule has 1 aromatic carbocycles. The molecule has 1 aromatic heterocycles. The molecule has 0 bridgehead atoms. The number of para-hydroxylation sites is 1. The summed E-state index contributed by atoms with van der Waals surface area (Å²) in [4.78, 5) is 23.7. The van der Waals surface area contributed by atoms with Gasteiger partial charge in [-0.15, -0.1) is 10.2 Å². The standard InChI is InChI=1S/C13H13N3O3S2/c1-2-19-12(18)9-5-3-4-6-10(9)15-11(17)7-20-13-16-14-8-21-13/h3-6,8H,2,7H2,1H3,(H,15,17). The Bertz CT molecular complexity index is 617. The number of hydrogen-bond donors (Lipinski definition) is 1. The van der Waals surface area contributed by atoms with Crippen LogP contribution in [0.25, 0.3) is 0 Å². The van der Waals surface area contributed by atoms with Crippen molar-refractivity contribution in [3.05, 3.63) is 35.3 Å². The number of nitrogens with zero attached hydrogens (tertiary/aromatic N) is 2. The summed E-state index contributed by atoms with van der Waals surface area (Å²) in [6.45, 7) is 2.02. The Morgan fingerprint density at radius 2 is 2.19 bits per heavy atom. The van der Waals surface area contributed by atoms with E-state index in [1.165, 1.54) is 23.1 Å². The molecule has 0 aliphatic rings. The number of nitrogens with one attached hydrogen (secondary N) is 1. The quantitative estimate of drug-likeness (QED) is 0.649. The Morgan fingerprint density at radius 3 is 2.90 bits per heavy atom. The third-order valence-electron chi connectivity index (χ3n) is 2.36. The molecule has 0 spiro atoms. The molecule has 110 valence electrons. The van der Waals surface area contributed by atoms with E-state index in [2.05, 4.69) is 15.5 Å². The fourth-order valence-electron chi connectivity index (χ4n) is 1.52. The van der Waals surface area contributed by atoms with Gasteiger partial charge >= 0.3 is 5.97 Å². The summed E-state index contributed by atoms with van der Waals surface area (Å²) in [5.41, 5.74) is 2.39. The van der Waals surface area contributed by atoms with E-state index in [9.17, 15) is 9.59 Å². The molecule has 21 heavy (non-hydrogen) atoms. The molecule has 1 N–H and O–H groups in total. The van der Waals surface area contributed by atoms with Crippen molar-refractivity contribution >= 4 is 40.7 Å². The van der Waals surface area contributed by atoms with Crippen molar-refractivity contribution in [3.63, 3.8) is 0 Å². The molecule has 8 heteroatoms. The molecule has 0 saturated carbocycles. The Morgan fingerprint density at radius 1 is 1.38 bits per heavy atom. The lowest BCUT2D eigenvalue weighted by molar-refractivity contribution is -0.113. The highest BCUT2D eigenvalue weighted by Gasteiger charge is 2.14. The monoisotopic (exact) mass is 323 g/mol. The van der Waals surface area contributed by atoms with Crippen molar-refractivity contribution in [3.8, 4) is 0 Å². The molecule has 0 aliphatic carbocycles. The molecule has 0 atom stereocenters. The van der Waals surface area contributed by atoms with Crippen LogP contribution in [0.2, 0.25) is 0 Å². The Kier molecular flexibility index (Phi) is 5.70. The highest BCUT2D eigenvalue weighted by Crippen LogP contribution is 2.20. The first-order valence-corrected chi connectivity index (χ1v) is 8.02. The lowest BCUT2D eigenvalue weighted by Gasteiger charge is -2.09. The van der Waals surface area contributed by atoms with Gasteiger partial charge in [0, 0.05) is 0 Å². The average molecular weight is 323 g/mol. The third-order valence-corrected chi connectivity index (χ3v) is 4.22. The highest BCUT2D eigenvalue weighted by molar-refractivity contribution is 8.01. The molecule has 0 unspecified atom stereocenters. The van der Waals surface area contributed by atoms with Crippen molar-refractivity contribution in [2.45, 2.75) is 11.3 Å². The van der Waals surface area contributed by atoms with Gasteiger partial charge in [-0.05, 0) is 19.1 Å². The first-order valence-electron chi connectivity index (χ1n) is 6.15. The van der Waals surface area contributed by atoms with Crippen LogP contribution in [0, 0.1) is 0 Å². The zero-order valence-electron chi connectivity index (χ0n) is 11.2. The Labute approximate surface area is 129 Å². The van der Waals surface area contributed by atoms with E-state index < -0.39 is 5.97 Å². The summed E-state index contributed by atoms with van der Waals surface area (Å²) in [7, 11) is 0. The van der Waals surface area contributed by atoms with Crippen LogP contribution in [0.1, 0.15) is 17.3 Å². The predicted octanol–water partition coefficient (Wildman–Crippen LogP) is 2.45. The Balaban J connectivity index is 1.98. The molecule has 0 saturated heterocycles. The first kappa shape index (κ1) is 15.5. The van der Waals surface area contributed by atoms with Gasteiger partial charge in [-0.25, -0.2) is 4.79 Å². The van der Waals surface area contributed by atoms with Gasteiger partial charge in [0.2, 0.25) is 5.91 Å². The van der Waals surface area contributed by atoms with E-state index >= 15 is 0 Å². The summed E-state index contributed by atoms with van der Waals surface area (Å²) < 4.78 is 5.68. The minimum absolute atomic E-state index is 0.201. The van der Waals surface area contributed by atoms with Crippen LogP contribution in [0.3, 0.4) is 0 Å². The number of benzene rings is 1. The van der Waals surface area contributed by atoms with Crippen LogP contribution >= 0.6 is 23.1 Å². The van der Waals surface area contributed by atoms with Gasteiger partial charge in [0.05, 0.1) is 23.6 Å². The summed E-state index contributed by atoms with van der Waals surface area (Å²) in [6.07, 6.45) is 0. The van der Waals surface area contributed by atoms with Crippen LogP contribution in [-0.4, -0.2) is 34.4 Å². The maximum atomic E-state index is 11.9. The summed E-state index contributed by atoms with van der Waals surface area (Å²) in [5.74, 6) is -0.469. The second-order valence-corrected chi connectivity index (χ2v) is 5.86. The number of ether oxygens (including phenoxy) is 1. The lowest BCUT2D eigenvalue weighted by atomic mass is 10.2. The minimum atomic E-state index is -0.454. The molecule has 6 nitrogen and oxygen atoms in total. The van der Waals surface area contributed by atoms with Gasteiger partial charge in [0.15, 0.2) is 4.34 Å². The predicted molar refractivity (Wildman–Crippen MR) is 81.7 cm³/mol. The smallest absolute Gasteiger partial charge is 0.340 e. The summed E-state index contributed by atoms with van der Waals surface area (Å²) in [5, 5.41) is 10.2. The van der Waals surface area contributed by atoms with Gasteiger partial charge in [0.25, 0.3) is 0 Å². The normalized spacial score (nSPS) is 10.1. The molecule has 0 radical (unpaired) electrons. The van der Waals surface area contributed by atoms with Crippen LogP contribution in [-0.2, 0) is 9.53 Å². The number of rotatable bonds is 6. The molecule has 1 amide bonds. The van der Waals surface area contributed by atoms with Crippen LogP contribution in [0.15, 0.2) is 34.1 Å².